The molecule has 4 heteroatoms. The molecule has 0 heterocycles. The van der Waals surface area contributed by atoms with Crippen molar-refractivity contribution in [3.05, 3.63) is 24.0 Å². The van der Waals surface area contributed by atoms with Crippen LogP contribution in [-0.2, 0) is 4.79 Å². The van der Waals surface area contributed by atoms with Gasteiger partial charge in [-0.15, -0.1) is 0 Å². The van der Waals surface area contributed by atoms with Crippen LogP contribution in [0, 0.1) is 5.82 Å². The topological polar surface area (TPSA) is 49.3 Å². The third kappa shape index (κ3) is 1.95. The SMILES string of the molecule is CC(=O)Nc1ccc(F)c(O)c1. The third-order valence-corrected chi connectivity index (χ3v) is 1.27. The van der Waals surface area contributed by atoms with Crippen LogP contribution in [0.25, 0.3) is 0 Å². The summed E-state index contributed by atoms with van der Waals surface area (Å²) in [6.45, 7) is 1.33. The number of phenols is 1. The van der Waals surface area contributed by atoms with Gasteiger partial charge in [0.05, 0.1) is 0 Å². The molecule has 12 heavy (non-hydrogen) atoms. The molecule has 1 aromatic carbocycles. The number of halogens is 1. The van der Waals surface area contributed by atoms with E-state index in [1.54, 1.807) is 0 Å². The largest absolute Gasteiger partial charge is 0.505 e. The zero-order valence-corrected chi connectivity index (χ0v) is 6.47. The number of hydrogen-bond acceptors (Lipinski definition) is 2. The van der Waals surface area contributed by atoms with Crippen molar-refractivity contribution in [3.8, 4) is 5.75 Å². The number of carbonyl (C=O) groups is 1. The molecule has 0 bridgehead atoms. The fourth-order valence-electron chi connectivity index (χ4n) is 0.794. The second-order valence-electron chi connectivity index (χ2n) is 2.35. The lowest BCUT2D eigenvalue weighted by Gasteiger charge is -2.01. The van der Waals surface area contributed by atoms with Crippen molar-refractivity contribution in [1.29, 1.82) is 0 Å². The van der Waals surface area contributed by atoms with Gasteiger partial charge in [0, 0.05) is 18.7 Å². The van der Waals surface area contributed by atoms with Gasteiger partial charge in [0.25, 0.3) is 0 Å². The van der Waals surface area contributed by atoms with Gasteiger partial charge >= 0.3 is 0 Å². The minimum Gasteiger partial charge on any atom is -0.505 e. The summed E-state index contributed by atoms with van der Waals surface area (Å²) in [7, 11) is 0. The first-order valence-corrected chi connectivity index (χ1v) is 3.35. The minimum atomic E-state index is -0.705. The number of amides is 1. The molecule has 0 fully saturated rings. The molecular weight excluding hydrogens is 161 g/mol. The first kappa shape index (κ1) is 8.52. The third-order valence-electron chi connectivity index (χ3n) is 1.27. The van der Waals surface area contributed by atoms with Gasteiger partial charge in [-0.25, -0.2) is 4.39 Å². The van der Waals surface area contributed by atoms with E-state index >= 15 is 0 Å². The summed E-state index contributed by atoms with van der Waals surface area (Å²) in [5.74, 6) is -1.44. The fraction of sp³-hybridized carbons (Fsp3) is 0.125. The zero-order valence-electron chi connectivity index (χ0n) is 6.47. The summed E-state index contributed by atoms with van der Waals surface area (Å²) < 4.78 is 12.5. The summed E-state index contributed by atoms with van der Waals surface area (Å²) in [6, 6.07) is 3.60. The Morgan fingerprint density at radius 1 is 1.58 bits per heavy atom. The van der Waals surface area contributed by atoms with E-state index in [1.807, 2.05) is 0 Å². The van der Waals surface area contributed by atoms with Crippen LogP contribution in [0.1, 0.15) is 6.92 Å². The lowest BCUT2D eigenvalue weighted by Crippen LogP contribution is -2.05. The number of aromatic hydroxyl groups is 1. The number of hydrogen-bond donors (Lipinski definition) is 2. The molecule has 64 valence electrons. The highest BCUT2D eigenvalue weighted by Gasteiger charge is 2.01. The predicted molar refractivity (Wildman–Crippen MR) is 42.4 cm³/mol. The second kappa shape index (κ2) is 3.21. The quantitative estimate of drug-likeness (QED) is 0.669. The van der Waals surface area contributed by atoms with E-state index in [1.165, 1.54) is 13.0 Å². The highest BCUT2D eigenvalue weighted by atomic mass is 19.1. The van der Waals surface area contributed by atoms with Crippen molar-refractivity contribution >= 4 is 11.6 Å². The van der Waals surface area contributed by atoms with Crippen molar-refractivity contribution < 1.29 is 14.3 Å². The average molecular weight is 169 g/mol. The first-order chi connectivity index (χ1) is 5.59. The normalized spacial score (nSPS) is 9.50. The lowest BCUT2D eigenvalue weighted by atomic mass is 10.3. The molecule has 2 N–H and O–H groups in total. The maximum atomic E-state index is 12.5. The molecule has 0 atom stereocenters. The van der Waals surface area contributed by atoms with Crippen LogP contribution < -0.4 is 5.32 Å². The lowest BCUT2D eigenvalue weighted by molar-refractivity contribution is -0.114. The molecular formula is C8H8FNO2. The van der Waals surface area contributed by atoms with Crippen molar-refractivity contribution in [2.75, 3.05) is 5.32 Å². The smallest absolute Gasteiger partial charge is 0.221 e. The Balaban J connectivity index is 2.89. The fourth-order valence-corrected chi connectivity index (χ4v) is 0.794. The number of nitrogens with one attached hydrogen (secondary N) is 1. The molecule has 0 unspecified atom stereocenters. The molecule has 0 saturated carbocycles. The van der Waals surface area contributed by atoms with Crippen molar-refractivity contribution in [2.45, 2.75) is 6.92 Å². The standard InChI is InChI=1S/C8H8FNO2/c1-5(11)10-6-2-3-7(9)8(12)4-6/h2-4,12H,1H3,(H,10,11). The highest BCUT2D eigenvalue weighted by Crippen LogP contribution is 2.19. The van der Waals surface area contributed by atoms with Crippen LogP contribution in [-0.4, -0.2) is 11.0 Å². The first-order valence-electron chi connectivity index (χ1n) is 3.35. The minimum absolute atomic E-state index is 0.263. The molecule has 0 spiro atoms. The Bertz CT molecular complexity index is 312. The van der Waals surface area contributed by atoms with Crippen molar-refractivity contribution in [1.82, 2.24) is 0 Å². The van der Waals surface area contributed by atoms with Crippen LogP contribution in [0.3, 0.4) is 0 Å². The Morgan fingerprint density at radius 2 is 2.25 bits per heavy atom. The van der Waals surface area contributed by atoms with Gasteiger partial charge in [-0.2, -0.15) is 0 Å². The molecule has 0 saturated heterocycles. The van der Waals surface area contributed by atoms with E-state index in [2.05, 4.69) is 5.32 Å². The zero-order chi connectivity index (χ0) is 9.14. The number of carbonyl (C=O) groups excluding carboxylic acids is 1. The van der Waals surface area contributed by atoms with E-state index in [-0.39, 0.29) is 5.91 Å². The summed E-state index contributed by atoms with van der Waals surface area (Å²) >= 11 is 0. The summed E-state index contributed by atoms with van der Waals surface area (Å²) in [5.41, 5.74) is 0.376. The maximum Gasteiger partial charge on any atom is 0.221 e. The number of phenolic OH excluding ortho intramolecular Hbond substituents is 1. The van der Waals surface area contributed by atoms with E-state index < -0.39 is 11.6 Å². The number of benzene rings is 1. The van der Waals surface area contributed by atoms with Crippen LogP contribution >= 0.6 is 0 Å². The summed E-state index contributed by atoms with van der Waals surface area (Å²) in [6.07, 6.45) is 0. The Kier molecular flexibility index (Phi) is 2.28. The molecule has 0 aliphatic heterocycles. The van der Waals surface area contributed by atoms with Crippen LogP contribution in [0.15, 0.2) is 18.2 Å². The van der Waals surface area contributed by atoms with Gasteiger partial charge in [-0.3, -0.25) is 4.79 Å². The Hall–Kier alpha value is -1.58. The molecule has 3 nitrogen and oxygen atoms in total. The van der Waals surface area contributed by atoms with Gasteiger partial charge < -0.3 is 10.4 Å². The van der Waals surface area contributed by atoms with Gasteiger partial charge in [-0.1, -0.05) is 0 Å². The Labute approximate surface area is 68.8 Å². The van der Waals surface area contributed by atoms with E-state index in [4.69, 9.17) is 5.11 Å². The molecule has 0 aromatic heterocycles. The Morgan fingerprint density at radius 3 is 2.75 bits per heavy atom. The second-order valence-corrected chi connectivity index (χ2v) is 2.35. The van der Waals surface area contributed by atoms with E-state index in [0.29, 0.717) is 5.69 Å². The molecule has 1 amide bonds. The predicted octanol–water partition coefficient (Wildman–Crippen LogP) is 1.49. The molecule has 1 aromatic rings. The number of rotatable bonds is 1. The van der Waals surface area contributed by atoms with Crippen LogP contribution in [0.2, 0.25) is 0 Å². The van der Waals surface area contributed by atoms with Crippen LogP contribution in [0.4, 0.5) is 10.1 Å². The van der Waals surface area contributed by atoms with Gasteiger partial charge in [0.2, 0.25) is 5.91 Å². The maximum absolute atomic E-state index is 12.5. The van der Waals surface area contributed by atoms with Crippen molar-refractivity contribution in [3.63, 3.8) is 0 Å². The molecule has 0 aliphatic carbocycles. The van der Waals surface area contributed by atoms with Crippen molar-refractivity contribution in [2.24, 2.45) is 0 Å². The van der Waals surface area contributed by atoms with E-state index in [9.17, 15) is 9.18 Å². The van der Waals surface area contributed by atoms with Gasteiger partial charge in [0.1, 0.15) is 0 Å². The average Bonchev–Trinajstić information content (AvgIpc) is 1.96. The van der Waals surface area contributed by atoms with Gasteiger partial charge in [0.15, 0.2) is 11.6 Å². The molecule has 1 rings (SSSR count). The number of anilines is 1. The van der Waals surface area contributed by atoms with E-state index in [0.717, 1.165) is 12.1 Å². The summed E-state index contributed by atoms with van der Waals surface area (Å²) in [5, 5.41) is 11.3. The molecule has 0 radical (unpaired) electrons. The monoisotopic (exact) mass is 169 g/mol. The highest BCUT2D eigenvalue weighted by molar-refractivity contribution is 5.88. The van der Waals surface area contributed by atoms with Crippen LogP contribution in [0.5, 0.6) is 5.75 Å². The van der Waals surface area contributed by atoms with Gasteiger partial charge in [-0.05, 0) is 12.1 Å². The molecule has 0 aliphatic rings. The summed E-state index contributed by atoms with van der Waals surface area (Å²) in [4.78, 5) is 10.5.